The lowest BCUT2D eigenvalue weighted by molar-refractivity contribution is 0.0602. The predicted octanol–water partition coefficient (Wildman–Crippen LogP) is 3.02. The van der Waals surface area contributed by atoms with Crippen LogP contribution in [0.5, 0.6) is 0 Å². The second-order valence-corrected chi connectivity index (χ2v) is 4.33. The van der Waals surface area contributed by atoms with Crippen molar-refractivity contribution in [3.63, 3.8) is 0 Å². The molecule has 6 nitrogen and oxygen atoms in total. The van der Waals surface area contributed by atoms with Crippen molar-refractivity contribution in [1.29, 1.82) is 15.8 Å². The molecule has 1 aromatic carbocycles. The summed E-state index contributed by atoms with van der Waals surface area (Å²) in [5, 5.41) is 29.3. The number of halogens is 2. The van der Waals surface area contributed by atoms with Crippen LogP contribution in [0.25, 0.3) is 0 Å². The van der Waals surface area contributed by atoms with Crippen LogP contribution in [0, 0.1) is 34.0 Å². The molecule has 0 unspecified atom stereocenters. The van der Waals surface area contributed by atoms with E-state index >= 15 is 0 Å². The van der Waals surface area contributed by atoms with E-state index in [-0.39, 0.29) is 27.0 Å². The largest absolute Gasteiger partial charge is 0.465 e. The highest BCUT2D eigenvalue weighted by molar-refractivity contribution is 6.42. The van der Waals surface area contributed by atoms with Crippen molar-refractivity contribution < 1.29 is 9.53 Å². The third-order valence-corrected chi connectivity index (χ3v) is 3.03. The average Bonchev–Trinajstić information content (AvgIpc) is 2.49. The standard InChI is InChI=1S/C13H6Cl2N4O2/c1-21-13(20)8-2-9(14)10(15)3-11(8)19-12(6-18)7(4-16)5-17/h2-3,19H,1H3. The van der Waals surface area contributed by atoms with E-state index in [2.05, 4.69) is 10.1 Å². The molecule has 0 saturated heterocycles. The van der Waals surface area contributed by atoms with Gasteiger partial charge in [-0.05, 0) is 12.1 Å². The highest BCUT2D eigenvalue weighted by atomic mass is 35.5. The van der Waals surface area contributed by atoms with Gasteiger partial charge in [0, 0.05) is 0 Å². The van der Waals surface area contributed by atoms with Crippen molar-refractivity contribution in [2.45, 2.75) is 0 Å². The molecule has 1 rings (SSSR count). The molecule has 8 heteroatoms. The molecular formula is C13H6Cl2N4O2. The topological polar surface area (TPSA) is 110 Å². The van der Waals surface area contributed by atoms with Crippen LogP contribution in [0.3, 0.4) is 0 Å². The minimum absolute atomic E-state index is 0.00915. The Morgan fingerprint density at radius 3 is 2.19 bits per heavy atom. The van der Waals surface area contributed by atoms with E-state index in [9.17, 15) is 4.79 Å². The van der Waals surface area contributed by atoms with Crippen LogP contribution < -0.4 is 5.32 Å². The monoisotopic (exact) mass is 320 g/mol. The van der Waals surface area contributed by atoms with Crippen LogP contribution >= 0.6 is 23.2 Å². The van der Waals surface area contributed by atoms with Gasteiger partial charge in [0.05, 0.1) is 28.4 Å². The lowest BCUT2D eigenvalue weighted by Crippen LogP contribution is -2.09. The molecule has 0 fully saturated rings. The van der Waals surface area contributed by atoms with Gasteiger partial charge in [-0.15, -0.1) is 0 Å². The number of hydrogen-bond acceptors (Lipinski definition) is 6. The molecule has 21 heavy (non-hydrogen) atoms. The van der Waals surface area contributed by atoms with Gasteiger partial charge in [0.2, 0.25) is 0 Å². The normalized spacial score (nSPS) is 8.76. The second kappa shape index (κ2) is 7.17. The molecule has 0 aliphatic rings. The summed E-state index contributed by atoms with van der Waals surface area (Å²) >= 11 is 11.7. The van der Waals surface area contributed by atoms with E-state index in [4.69, 9.17) is 39.0 Å². The summed E-state index contributed by atoms with van der Waals surface area (Å²) < 4.78 is 4.59. The SMILES string of the molecule is COC(=O)c1cc(Cl)c(Cl)cc1NC(C#N)=C(C#N)C#N. The summed E-state index contributed by atoms with van der Waals surface area (Å²) in [5.41, 5.74) is -0.645. The predicted molar refractivity (Wildman–Crippen MR) is 75.3 cm³/mol. The van der Waals surface area contributed by atoms with Gasteiger partial charge in [-0.1, -0.05) is 23.2 Å². The molecule has 1 aromatic rings. The summed E-state index contributed by atoms with van der Waals surface area (Å²) in [6, 6.07) is 7.35. The van der Waals surface area contributed by atoms with Crippen molar-refractivity contribution >= 4 is 34.9 Å². The fourth-order valence-electron chi connectivity index (χ4n) is 1.35. The van der Waals surface area contributed by atoms with Gasteiger partial charge in [-0.3, -0.25) is 0 Å². The Bertz CT molecular complexity index is 735. The quantitative estimate of drug-likeness (QED) is 0.677. The number of carbonyl (C=O) groups is 1. The number of benzene rings is 1. The van der Waals surface area contributed by atoms with Crippen molar-refractivity contribution in [3.05, 3.63) is 39.0 Å². The fraction of sp³-hybridized carbons (Fsp3) is 0.0769. The third kappa shape index (κ3) is 3.64. The number of methoxy groups -OCH3 is 1. The maximum absolute atomic E-state index is 11.7. The maximum atomic E-state index is 11.7. The van der Waals surface area contributed by atoms with Gasteiger partial charge in [0.15, 0.2) is 5.57 Å². The summed E-state index contributed by atoms with van der Waals surface area (Å²) in [5.74, 6) is -0.719. The summed E-state index contributed by atoms with van der Waals surface area (Å²) in [7, 11) is 1.17. The number of allylic oxidation sites excluding steroid dienone is 2. The van der Waals surface area contributed by atoms with Crippen molar-refractivity contribution in [3.8, 4) is 18.2 Å². The lowest BCUT2D eigenvalue weighted by atomic mass is 10.1. The molecule has 0 spiro atoms. The number of nitriles is 3. The first-order valence-electron chi connectivity index (χ1n) is 5.27. The Kier molecular flexibility index (Phi) is 5.57. The van der Waals surface area contributed by atoms with Gasteiger partial charge < -0.3 is 10.1 Å². The van der Waals surface area contributed by atoms with Crippen LogP contribution in [0.2, 0.25) is 10.0 Å². The van der Waals surface area contributed by atoms with E-state index < -0.39 is 11.5 Å². The molecule has 104 valence electrons. The lowest BCUT2D eigenvalue weighted by Gasteiger charge is -2.11. The Morgan fingerprint density at radius 2 is 1.71 bits per heavy atom. The first-order chi connectivity index (χ1) is 9.98. The van der Waals surface area contributed by atoms with Crippen molar-refractivity contribution in [2.24, 2.45) is 0 Å². The van der Waals surface area contributed by atoms with Gasteiger partial charge in [0.25, 0.3) is 0 Å². The van der Waals surface area contributed by atoms with E-state index in [0.717, 1.165) is 0 Å². The Hall–Kier alpha value is -2.72. The zero-order valence-corrected chi connectivity index (χ0v) is 12.1. The summed E-state index contributed by atoms with van der Waals surface area (Å²) in [6.07, 6.45) is 0. The minimum atomic E-state index is -0.719. The van der Waals surface area contributed by atoms with E-state index in [0.29, 0.717) is 0 Å². The Balaban J connectivity index is 3.45. The molecule has 0 radical (unpaired) electrons. The smallest absolute Gasteiger partial charge is 0.340 e. The van der Waals surface area contributed by atoms with Crippen LogP contribution in [0.15, 0.2) is 23.4 Å². The molecule has 0 amide bonds. The first-order valence-corrected chi connectivity index (χ1v) is 6.03. The highest BCUT2D eigenvalue weighted by Gasteiger charge is 2.17. The molecule has 0 aromatic heterocycles. The van der Waals surface area contributed by atoms with Crippen molar-refractivity contribution in [1.82, 2.24) is 0 Å². The Labute approximate surface area is 130 Å². The molecule has 1 N–H and O–H groups in total. The number of nitrogens with zero attached hydrogens (tertiary/aromatic N) is 3. The molecule has 0 atom stereocenters. The summed E-state index contributed by atoms with van der Waals surface area (Å²) in [4.78, 5) is 11.7. The number of esters is 1. The first kappa shape index (κ1) is 16.3. The maximum Gasteiger partial charge on any atom is 0.340 e. The minimum Gasteiger partial charge on any atom is -0.465 e. The zero-order valence-electron chi connectivity index (χ0n) is 10.6. The van der Waals surface area contributed by atoms with Crippen molar-refractivity contribution in [2.75, 3.05) is 12.4 Å². The Morgan fingerprint density at radius 1 is 1.14 bits per heavy atom. The van der Waals surface area contributed by atoms with E-state index in [1.807, 2.05) is 0 Å². The van der Waals surface area contributed by atoms with Crippen LogP contribution in [0.1, 0.15) is 10.4 Å². The number of rotatable bonds is 3. The number of carbonyl (C=O) groups excluding carboxylic acids is 1. The summed E-state index contributed by atoms with van der Waals surface area (Å²) in [6.45, 7) is 0. The van der Waals surface area contributed by atoms with Gasteiger partial charge >= 0.3 is 5.97 Å². The zero-order chi connectivity index (χ0) is 16.0. The van der Waals surface area contributed by atoms with Crippen LogP contribution in [0.4, 0.5) is 5.69 Å². The second-order valence-electron chi connectivity index (χ2n) is 3.51. The van der Waals surface area contributed by atoms with Gasteiger partial charge in [-0.25, -0.2) is 4.79 Å². The van der Waals surface area contributed by atoms with E-state index in [1.54, 1.807) is 18.2 Å². The third-order valence-electron chi connectivity index (χ3n) is 2.31. The molecule has 0 saturated carbocycles. The van der Waals surface area contributed by atoms with E-state index in [1.165, 1.54) is 19.2 Å². The number of anilines is 1. The molecule has 0 bridgehead atoms. The van der Waals surface area contributed by atoms with Crippen LogP contribution in [-0.4, -0.2) is 13.1 Å². The molecule has 0 aliphatic carbocycles. The fourth-order valence-corrected chi connectivity index (χ4v) is 1.67. The number of hydrogen-bond donors (Lipinski definition) is 1. The number of ether oxygens (including phenoxy) is 1. The van der Waals surface area contributed by atoms with Gasteiger partial charge in [0.1, 0.15) is 23.9 Å². The molecular weight excluding hydrogens is 315 g/mol. The molecule has 0 aliphatic heterocycles. The van der Waals surface area contributed by atoms with Crippen LogP contribution in [-0.2, 0) is 4.74 Å². The average molecular weight is 321 g/mol. The van der Waals surface area contributed by atoms with Gasteiger partial charge in [-0.2, -0.15) is 15.8 Å². The molecule has 0 heterocycles. The number of nitrogens with one attached hydrogen (secondary N) is 1. The highest BCUT2D eigenvalue weighted by Crippen LogP contribution is 2.30.